The summed E-state index contributed by atoms with van der Waals surface area (Å²) in [6.07, 6.45) is 9.07. The van der Waals surface area contributed by atoms with Gasteiger partial charge in [0.25, 0.3) is 0 Å². The van der Waals surface area contributed by atoms with Gasteiger partial charge in [-0.25, -0.2) is 0 Å². The van der Waals surface area contributed by atoms with E-state index in [4.69, 9.17) is 0 Å². The second-order valence-corrected chi connectivity index (χ2v) is 7.90. The van der Waals surface area contributed by atoms with E-state index in [1.807, 2.05) is 0 Å². The summed E-state index contributed by atoms with van der Waals surface area (Å²) < 4.78 is 0. The number of hydrogen-bond acceptors (Lipinski definition) is 3. The first-order valence-electron chi connectivity index (χ1n) is 8.74. The lowest BCUT2D eigenvalue weighted by atomic mass is 9.88. The maximum Gasteiger partial charge on any atom is 0.0746 e. The number of rotatable bonds is 2. The number of hydrogen-bond donors (Lipinski definition) is 1. The molecule has 2 heterocycles. The predicted octanol–water partition coefficient (Wildman–Crippen LogP) is 2.49. The summed E-state index contributed by atoms with van der Waals surface area (Å²) in [7, 11) is 0. The molecule has 3 aliphatic rings. The van der Waals surface area contributed by atoms with Gasteiger partial charge in [0.1, 0.15) is 0 Å². The largest absolute Gasteiger partial charge is 0.391 e. The minimum atomic E-state index is -0.131. The van der Waals surface area contributed by atoms with E-state index >= 15 is 0 Å². The molecule has 1 aliphatic carbocycles. The van der Waals surface area contributed by atoms with Gasteiger partial charge in [0.2, 0.25) is 0 Å². The normalized spacial score (nSPS) is 37.4. The molecule has 2 saturated heterocycles. The van der Waals surface area contributed by atoms with Crippen LogP contribution in [0.5, 0.6) is 0 Å². The van der Waals surface area contributed by atoms with Crippen LogP contribution in [-0.2, 0) is 0 Å². The molecule has 0 radical (unpaired) electrons. The van der Waals surface area contributed by atoms with Gasteiger partial charge in [-0.05, 0) is 57.0 Å². The van der Waals surface area contributed by atoms with Crippen LogP contribution in [0.15, 0.2) is 0 Å². The standard InChI is InChI=1S/C17H32N2O/c1-17(2)9-6-15(16(17)20)19-12-7-14(8-13-19)18-10-4-3-5-11-18/h14-16,20H,3-13H2,1-2H3. The number of nitrogens with zero attached hydrogens (tertiary/aromatic N) is 2. The summed E-state index contributed by atoms with van der Waals surface area (Å²) >= 11 is 0. The van der Waals surface area contributed by atoms with Crippen molar-refractivity contribution >= 4 is 0 Å². The number of aliphatic hydroxyl groups is 1. The zero-order valence-corrected chi connectivity index (χ0v) is 13.4. The van der Waals surface area contributed by atoms with Crippen LogP contribution in [0.25, 0.3) is 0 Å². The Hall–Kier alpha value is -0.120. The van der Waals surface area contributed by atoms with Crippen LogP contribution in [0.3, 0.4) is 0 Å². The lowest BCUT2D eigenvalue weighted by molar-refractivity contribution is -0.00464. The Morgan fingerprint density at radius 3 is 2.05 bits per heavy atom. The predicted molar refractivity (Wildman–Crippen MR) is 82.8 cm³/mol. The molecule has 2 atom stereocenters. The van der Waals surface area contributed by atoms with Crippen LogP contribution < -0.4 is 0 Å². The van der Waals surface area contributed by atoms with E-state index < -0.39 is 0 Å². The molecule has 0 aromatic rings. The molecule has 1 saturated carbocycles. The third-order valence-corrected chi connectivity index (χ3v) is 6.12. The summed E-state index contributed by atoms with van der Waals surface area (Å²) in [6, 6.07) is 1.24. The van der Waals surface area contributed by atoms with E-state index in [1.165, 1.54) is 71.1 Å². The maximum absolute atomic E-state index is 10.5. The number of likely N-dealkylation sites (tertiary alicyclic amines) is 2. The minimum Gasteiger partial charge on any atom is -0.391 e. The Morgan fingerprint density at radius 1 is 0.850 bits per heavy atom. The molecule has 0 aromatic heterocycles. The molecule has 3 nitrogen and oxygen atoms in total. The van der Waals surface area contributed by atoms with E-state index in [0.29, 0.717) is 6.04 Å². The fraction of sp³-hybridized carbons (Fsp3) is 1.00. The van der Waals surface area contributed by atoms with Gasteiger partial charge in [0.15, 0.2) is 0 Å². The van der Waals surface area contributed by atoms with Crippen LogP contribution in [0.4, 0.5) is 0 Å². The Morgan fingerprint density at radius 2 is 1.50 bits per heavy atom. The fourth-order valence-corrected chi connectivity index (χ4v) is 4.59. The number of piperidine rings is 2. The summed E-state index contributed by atoms with van der Waals surface area (Å²) in [5.41, 5.74) is 0.119. The monoisotopic (exact) mass is 280 g/mol. The van der Waals surface area contributed by atoms with Crippen molar-refractivity contribution in [2.45, 2.75) is 77.0 Å². The van der Waals surface area contributed by atoms with Gasteiger partial charge in [-0.2, -0.15) is 0 Å². The van der Waals surface area contributed by atoms with Crippen molar-refractivity contribution in [1.82, 2.24) is 9.80 Å². The second kappa shape index (κ2) is 5.94. The molecule has 0 spiro atoms. The van der Waals surface area contributed by atoms with Crippen LogP contribution in [0.1, 0.15) is 58.8 Å². The van der Waals surface area contributed by atoms with Gasteiger partial charge in [0.05, 0.1) is 6.10 Å². The molecule has 3 rings (SSSR count). The molecule has 2 unspecified atom stereocenters. The van der Waals surface area contributed by atoms with E-state index in [-0.39, 0.29) is 11.5 Å². The third kappa shape index (κ3) is 2.90. The minimum absolute atomic E-state index is 0.119. The Balaban J connectivity index is 1.51. The average Bonchev–Trinajstić information content (AvgIpc) is 2.75. The highest BCUT2D eigenvalue weighted by Gasteiger charge is 2.44. The molecule has 0 amide bonds. The highest BCUT2D eigenvalue weighted by Crippen LogP contribution is 2.40. The van der Waals surface area contributed by atoms with Crippen LogP contribution in [0.2, 0.25) is 0 Å². The van der Waals surface area contributed by atoms with Crippen molar-refractivity contribution in [3.8, 4) is 0 Å². The molecule has 3 heteroatoms. The van der Waals surface area contributed by atoms with E-state index in [9.17, 15) is 5.11 Å². The summed E-state index contributed by atoms with van der Waals surface area (Å²) in [5.74, 6) is 0. The Bertz CT molecular complexity index is 317. The van der Waals surface area contributed by atoms with Crippen LogP contribution in [0, 0.1) is 5.41 Å². The molecule has 0 bridgehead atoms. The van der Waals surface area contributed by atoms with Crippen molar-refractivity contribution < 1.29 is 5.11 Å². The average molecular weight is 280 g/mol. The molecule has 3 fully saturated rings. The third-order valence-electron chi connectivity index (χ3n) is 6.12. The second-order valence-electron chi connectivity index (χ2n) is 7.90. The first-order chi connectivity index (χ1) is 9.58. The molecular formula is C17H32N2O. The lowest BCUT2D eigenvalue weighted by Crippen LogP contribution is -2.52. The van der Waals surface area contributed by atoms with Crippen molar-refractivity contribution in [2.24, 2.45) is 5.41 Å². The summed E-state index contributed by atoms with van der Waals surface area (Å²) in [6.45, 7) is 9.47. The van der Waals surface area contributed by atoms with E-state index in [1.54, 1.807) is 0 Å². The van der Waals surface area contributed by atoms with Gasteiger partial charge >= 0.3 is 0 Å². The topological polar surface area (TPSA) is 26.7 Å². The van der Waals surface area contributed by atoms with Gasteiger partial charge < -0.3 is 10.0 Å². The zero-order valence-electron chi connectivity index (χ0n) is 13.4. The van der Waals surface area contributed by atoms with Gasteiger partial charge in [0, 0.05) is 25.2 Å². The molecule has 2 aliphatic heterocycles. The van der Waals surface area contributed by atoms with Crippen LogP contribution in [-0.4, -0.2) is 59.3 Å². The summed E-state index contributed by atoms with van der Waals surface area (Å²) in [4.78, 5) is 5.32. The molecule has 116 valence electrons. The Labute approximate surface area is 124 Å². The highest BCUT2D eigenvalue weighted by atomic mass is 16.3. The van der Waals surface area contributed by atoms with Crippen LogP contribution >= 0.6 is 0 Å². The zero-order chi connectivity index (χ0) is 14.2. The van der Waals surface area contributed by atoms with E-state index in [0.717, 1.165) is 6.04 Å². The molecule has 0 aromatic carbocycles. The smallest absolute Gasteiger partial charge is 0.0746 e. The fourth-order valence-electron chi connectivity index (χ4n) is 4.59. The molecular weight excluding hydrogens is 248 g/mol. The van der Waals surface area contributed by atoms with Crippen molar-refractivity contribution in [2.75, 3.05) is 26.2 Å². The highest BCUT2D eigenvalue weighted by molar-refractivity contribution is 4.98. The van der Waals surface area contributed by atoms with Crippen molar-refractivity contribution in [3.05, 3.63) is 0 Å². The van der Waals surface area contributed by atoms with Crippen molar-refractivity contribution in [1.29, 1.82) is 0 Å². The van der Waals surface area contributed by atoms with Gasteiger partial charge in [-0.15, -0.1) is 0 Å². The number of aliphatic hydroxyl groups excluding tert-OH is 1. The Kier molecular flexibility index (Phi) is 4.40. The maximum atomic E-state index is 10.5. The van der Waals surface area contributed by atoms with Crippen molar-refractivity contribution in [3.63, 3.8) is 0 Å². The summed E-state index contributed by atoms with van der Waals surface area (Å²) in [5, 5.41) is 10.5. The first kappa shape index (κ1) is 14.8. The van der Waals surface area contributed by atoms with Gasteiger partial charge in [-0.3, -0.25) is 4.90 Å². The first-order valence-corrected chi connectivity index (χ1v) is 8.74. The molecule has 1 N–H and O–H groups in total. The SMILES string of the molecule is CC1(C)CCC(N2CCC(N3CCCCC3)CC2)C1O. The lowest BCUT2D eigenvalue weighted by Gasteiger charge is -2.43. The molecule has 20 heavy (non-hydrogen) atoms. The quantitative estimate of drug-likeness (QED) is 0.842. The van der Waals surface area contributed by atoms with Gasteiger partial charge in [-0.1, -0.05) is 20.3 Å². The van der Waals surface area contributed by atoms with E-state index in [2.05, 4.69) is 23.6 Å².